The third-order valence-corrected chi connectivity index (χ3v) is 4.30. The van der Waals surface area contributed by atoms with Gasteiger partial charge in [-0.1, -0.05) is 30.3 Å². The number of nitrogens with one attached hydrogen (secondary N) is 2. The summed E-state index contributed by atoms with van der Waals surface area (Å²) < 4.78 is 0. The van der Waals surface area contributed by atoms with Gasteiger partial charge in [0.1, 0.15) is 5.82 Å². The van der Waals surface area contributed by atoms with Gasteiger partial charge < -0.3 is 21.3 Å². The lowest BCUT2D eigenvalue weighted by atomic mass is 10.1. The number of rotatable bonds is 4. The summed E-state index contributed by atoms with van der Waals surface area (Å²) in [5.74, 6) is 1.43. The summed E-state index contributed by atoms with van der Waals surface area (Å²) >= 11 is 0. The Labute approximate surface area is 146 Å². The normalized spacial score (nSPS) is 13.9. The zero-order chi connectivity index (χ0) is 17.2. The van der Waals surface area contributed by atoms with Gasteiger partial charge in [0.05, 0.1) is 24.1 Å². The number of aromatic nitrogens is 2. The van der Waals surface area contributed by atoms with E-state index in [1.165, 1.54) is 5.56 Å². The molecule has 0 saturated carbocycles. The van der Waals surface area contributed by atoms with Crippen molar-refractivity contribution >= 4 is 28.8 Å². The third-order valence-electron chi connectivity index (χ3n) is 4.30. The Morgan fingerprint density at radius 1 is 1.16 bits per heavy atom. The highest BCUT2D eigenvalue weighted by atomic mass is 15.3. The van der Waals surface area contributed by atoms with E-state index in [1.54, 1.807) is 6.20 Å². The van der Waals surface area contributed by atoms with Crippen LogP contribution in [0.3, 0.4) is 0 Å². The van der Waals surface area contributed by atoms with E-state index in [0.29, 0.717) is 12.6 Å². The summed E-state index contributed by atoms with van der Waals surface area (Å²) in [6, 6.07) is 18.1. The molecule has 0 radical (unpaired) electrons. The van der Waals surface area contributed by atoms with E-state index in [1.807, 2.05) is 42.5 Å². The number of nitrogens with two attached hydrogens (primary N) is 1. The smallest absolute Gasteiger partial charge is 0.225 e. The second-order valence-corrected chi connectivity index (χ2v) is 6.05. The van der Waals surface area contributed by atoms with Crippen molar-refractivity contribution in [2.45, 2.75) is 13.0 Å². The highest BCUT2D eigenvalue weighted by Gasteiger charge is 2.21. The predicted molar refractivity (Wildman–Crippen MR) is 102 cm³/mol. The number of nitrogen functional groups attached to an aromatic ring is 1. The van der Waals surface area contributed by atoms with Crippen LogP contribution in [0.25, 0.3) is 0 Å². The minimum Gasteiger partial charge on any atom is -0.399 e. The standard InChI is InChI=1S/C19H20N6/c1-13(14-5-3-2-4-6-14)23-19-21-10-9-18(24-19)25-12-22-16-8-7-15(20)11-17(16)25/h2-11,13,22H,12,20H2,1H3,(H,21,23,24)/t13-/m0/s1. The zero-order valence-corrected chi connectivity index (χ0v) is 14.0. The fraction of sp³-hybridized carbons (Fsp3) is 0.158. The molecule has 0 saturated heterocycles. The van der Waals surface area contributed by atoms with Crippen LogP contribution >= 0.6 is 0 Å². The summed E-state index contributed by atoms with van der Waals surface area (Å²) in [6.07, 6.45) is 1.77. The molecule has 1 aliphatic rings. The van der Waals surface area contributed by atoms with Crippen LogP contribution in [0.15, 0.2) is 60.8 Å². The van der Waals surface area contributed by atoms with E-state index in [9.17, 15) is 0 Å². The van der Waals surface area contributed by atoms with Crippen LogP contribution < -0.4 is 21.3 Å². The average molecular weight is 332 g/mol. The van der Waals surface area contributed by atoms with Crippen molar-refractivity contribution in [2.75, 3.05) is 27.9 Å². The van der Waals surface area contributed by atoms with E-state index in [0.717, 1.165) is 22.9 Å². The minimum absolute atomic E-state index is 0.121. The third kappa shape index (κ3) is 3.06. The van der Waals surface area contributed by atoms with Crippen molar-refractivity contribution in [3.63, 3.8) is 0 Å². The summed E-state index contributed by atoms with van der Waals surface area (Å²) in [5.41, 5.74) is 9.94. The van der Waals surface area contributed by atoms with Gasteiger partial charge in [0, 0.05) is 11.9 Å². The lowest BCUT2D eigenvalue weighted by molar-refractivity contribution is 0.858. The maximum Gasteiger partial charge on any atom is 0.225 e. The Bertz CT molecular complexity index is 880. The number of hydrogen-bond acceptors (Lipinski definition) is 6. The SMILES string of the molecule is C[C@H](Nc1nccc(N2CNc3ccc(N)cc32)n1)c1ccccc1. The van der Waals surface area contributed by atoms with Crippen LogP contribution in [0.4, 0.5) is 28.8 Å². The van der Waals surface area contributed by atoms with Gasteiger partial charge in [-0.3, -0.25) is 0 Å². The molecular formula is C19H20N6. The molecule has 1 aliphatic heterocycles. The van der Waals surface area contributed by atoms with Crippen molar-refractivity contribution in [3.8, 4) is 0 Å². The number of hydrogen-bond donors (Lipinski definition) is 3. The van der Waals surface area contributed by atoms with Crippen molar-refractivity contribution in [3.05, 3.63) is 66.4 Å². The van der Waals surface area contributed by atoms with Crippen molar-refractivity contribution in [1.29, 1.82) is 0 Å². The fourth-order valence-electron chi connectivity index (χ4n) is 2.96. The Morgan fingerprint density at radius 3 is 2.84 bits per heavy atom. The molecule has 2 heterocycles. The van der Waals surface area contributed by atoms with Crippen molar-refractivity contribution < 1.29 is 0 Å². The number of anilines is 5. The van der Waals surface area contributed by atoms with E-state index in [4.69, 9.17) is 5.73 Å². The second-order valence-electron chi connectivity index (χ2n) is 6.05. The van der Waals surface area contributed by atoms with E-state index >= 15 is 0 Å². The first-order chi connectivity index (χ1) is 12.2. The molecule has 4 N–H and O–H groups in total. The maximum atomic E-state index is 5.93. The van der Waals surface area contributed by atoms with Crippen LogP contribution in [0, 0.1) is 0 Å². The Kier molecular flexibility index (Phi) is 3.85. The second kappa shape index (κ2) is 6.32. The van der Waals surface area contributed by atoms with Crippen LogP contribution in [-0.4, -0.2) is 16.6 Å². The van der Waals surface area contributed by atoms with Gasteiger partial charge in [0.15, 0.2) is 0 Å². The zero-order valence-electron chi connectivity index (χ0n) is 14.0. The molecule has 4 rings (SSSR count). The Morgan fingerprint density at radius 2 is 2.00 bits per heavy atom. The molecule has 1 aromatic heterocycles. The van der Waals surface area contributed by atoms with Gasteiger partial charge in [-0.25, -0.2) is 4.98 Å². The molecule has 126 valence electrons. The summed E-state index contributed by atoms with van der Waals surface area (Å²) in [4.78, 5) is 11.1. The van der Waals surface area contributed by atoms with E-state index in [2.05, 4.69) is 44.6 Å². The van der Waals surface area contributed by atoms with Crippen LogP contribution in [-0.2, 0) is 0 Å². The predicted octanol–water partition coefficient (Wildman–Crippen LogP) is 3.75. The molecule has 2 aromatic carbocycles. The lowest BCUT2D eigenvalue weighted by Crippen LogP contribution is -2.19. The van der Waals surface area contributed by atoms with Crippen LogP contribution in [0.5, 0.6) is 0 Å². The summed E-state index contributed by atoms with van der Waals surface area (Å²) in [5, 5.41) is 6.71. The first kappa shape index (κ1) is 15.3. The molecule has 3 aromatic rings. The molecular weight excluding hydrogens is 312 g/mol. The Hall–Kier alpha value is -3.28. The fourth-order valence-corrected chi connectivity index (χ4v) is 2.96. The first-order valence-electron chi connectivity index (χ1n) is 8.26. The molecule has 0 unspecified atom stereocenters. The molecule has 6 nitrogen and oxygen atoms in total. The van der Waals surface area contributed by atoms with E-state index in [-0.39, 0.29) is 6.04 Å². The first-order valence-corrected chi connectivity index (χ1v) is 8.26. The maximum absolute atomic E-state index is 5.93. The number of benzene rings is 2. The van der Waals surface area contributed by atoms with E-state index < -0.39 is 0 Å². The number of nitrogens with zero attached hydrogens (tertiary/aromatic N) is 3. The van der Waals surface area contributed by atoms with Gasteiger partial charge in [0.25, 0.3) is 0 Å². The van der Waals surface area contributed by atoms with Gasteiger partial charge >= 0.3 is 0 Å². The largest absolute Gasteiger partial charge is 0.399 e. The topological polar surface area (TPSA) is 79.1 Å². The molecule has 0 bridgehead atoms. The molecule has 6 heteroatoms. The highest BCUT2D eigenvalue weighted by Crippen LogP contribution is 2.37. The van der Waals surface area contributed by atoms with Gasteiger partial charge in [-0.05, 0) is 36.8 Å². The Balaban J connectivity index is 1.58. The lowest BCUT2D eigenvalue weighted by Gasteiger charge is -2.19. The number of fused-ring (bicyclic) bond motifs is 1. The van der Waals surface area contributed by atoms with Gasteiger partial charge in [-0.2, -0.15) is 4.98 Å². The molecule has 0 aliphatic carbocycles. The summed E-state index contributed by atoms with van der Waals surface area (Å²) in [6.45, 7) is 2.75. The van der Waals surface area contributed by atoms with Crippen molar-refractivity contribution in [2.24, 2.45) is 0 Å². The van der Waals surface area contributed by atoms with Crippen molar-refractivity contribution in [1.82, 2.24) is 9.97 Å². The van der Waals surface area contributed by atoms with Crippen LogP contribution in [0.2, 0.25) is 0 Å². The summed E-state index contributed by atoms with van der Waals surface area (Å²) in [7, 11) is 0. The molecule has 25 heavy (non-hydrogen) atoms. The van der Waals surface area contributed by atoms with Gasteiger partial charge in [-0.15, -0.1) is 0 Å². The monoisotopic (exact) mass is 332 g/mol. The minimum atomic E-state index is 0.121. The van der Waals surface area contributed by atoms with Crippen LogP contribution in [0.1, 0.15) is 18.5 Å². The molecule has 1 atom stereocenters. The quantitative estimate of drug-likeness (QED) is 0.632. The average Bonchev–Trinajstić information content (AvgIpc) is 3.05. The van der Waals surface area contributed by atoms with Gasteiger partial charge in [0.2, 0.25) is 5.95 Å². The molecule has 0 amide bonds. The molecule has 0 fully saturated rings. The molecule has 0 spiro atoms. The highest BCUT2D eigenvalue weighted by molar-refractivity contribution is 5.82.